The molecule has 1 heterocycles. The Morgan fingerprint density at radius 1 is 1.33 bits per heavy atom. The average molecular weight is 394 g/mol. The fraction of sp³-hybridized carbons (Fsp3) is 0.286. The zero-order valence-corrected chi connectivity index (χ0v) is 18.5. The van der Waals surface area contributed by atoms with Crippen molar-refractivity contribution in [1.29, 1.82) is 0 Å². The summed E-state index contributed by atoms with van der Waals surface area (Å²) in [5.74, 6) is -0.363. The molecule has 4 nitrogen and oxygen atoms in total. The van der Waals surface area contributed by atoms with Crippen LogP contribution in [0.1, 0.15) is 34.8 Å². The van der Waals surface area contributed by atoms with E-state index in [1.807, 2.05) is 25.1 Å². The van der Waals surface area contributed by atoms with Crippen LogP contribution in [0.3, 0.4) is 0 Å². The quantitative estimate of drug-likeness (QED) is 0.533. The monoisotopic (exact) mass is 393 g/mol. The number of carboxylic acid groups (broad SMARTS) is 1. The minimum absolute atomic E-state index is 0. The van der Waals surface area contributed by atoms with Crippen LogP contribution in [0.4, 0.5) is 5.69 Å². The number of halogens is 1. The van der Waals surface area contributed by atoms with Gasteiger partial charge in [-0.1, -0.05) is 30.3 Å². The maximum Gasteiger partial charge on any atom is 1.00 e. The van der Waals surface area contributed by atoms with Crippen LogP contribution in [0.2, 0.25) is 5.02 Å². The predicted molar refractivity (Wildman–Crippen MR) is 102 cm³/mol. The molecule has 0 spiro atoms. The van der Waals surface area contributed by atoms with Crippen LogP contribution in [-0.2, 0) is 13.0 Å². The van der Waals surface area contributed by atoms with Gasteiger partial charge in [0.2, 0.25) is 0 Å². The summed E-state index contributed by atoms with van der Waals surface area (Å²) in [6.07, 6.45) is 1.63. The summed E-state index contributed by atoms with van der Waals surface area (Å²) in [5, 5.41) is 12.1. The van der Waals surface area contributed by atoms with Crippen molar-refractivity contribution in [2.75, 3.05) is 18.1 Å². The van der Waals surface area contributed by atoms with Crippen LogP contribution < -0.4 is 44.3 Å². The number of rotatable bonds is 6. The van der Waals surface area contributed by atoms with E-state index >= 15 is 0 Å². The molecule has 0 bridgehead atoms. The van der Waals surface area contributed by atoms with Crippen molar-refractivity contribution >= 4 is 23.3 Å². The largest absolute Gasteiger partial charge is 1.00 e. The first-order chi connectivity index (χ1) is 12.5. The molecule has 27 heavy (non-hydrogen) atoms. The molecule has 0 aliphatic carbocycles. The Bertz CT molecular complexity index is 853. The second-order valence-corrected chi connectivity index (χ2v) is 7.05. The van der Waals surface area contributed by atoms with Gasteiger partial charge in [0.15, 0.2) is 0 Å². The Balaban J connectivity index is 0.00000261. The molecule has 0 fully saturated rings. The Labute approximate surface area is 187 Å². The molecule has 1 aliphatic rings. The van der Waals surface area contributed by atoms with E-state index in [1.54, 1.807) is 18.2 Å². The Kier molecular flexibility index (Phi) is 7.80. The van der Waals surface area contributed by atoms with Gasteiger partial charge in [0, 0.05) is 34.9 Å². The number of carboxylic acids is 1. The van der Waals surface area contributed by atoms with Crippen molar-refractivity contribution in [1.82, 2.24) is 0 Å². The van der Waals surface area contributed by atoms with Crippen LogP contribution in [-0.4, -0.2) is 19.1 Å². The van der Waals surface area contributed by atoms with E-state index in [4.69, 9.17) is 16.3 Å². The Hall–Kier alpha value is -1.46. The zero-order valence-electron chi connectivity index (χ0n) is 15.8. The second kappa shape index (κ2) is 9.65. The SMILES string of the molecule is C=C(C)COc1ccc(Cl)cc1CN1CCCc2c(C(=O)[O-])cccc21.[Na+]. The van der Waals surface area contributed by atoms with Crippen molar-refractivity contribution in [2.45, 2.75) is 26.3 Å². The van der Waals surface area contributed by atoms with Gasteiger partial charge in [-0.05, 0) is 55.2 Å². The number of aromatic carboxylic acids is 1. The van der Waals surface area contributed by atoms with Gasteiger partial charge in [0.25, 0.3) is 0 Å². The minimum atomic E-state index is -1.13. The van der Waals surface area contributed by atoms with E-state index in [2.05, 4.69) is 11.5 Å². The number of fused-ring (bicyclic) bond motifs is 1. The number of hydrogen-bond donors (Lipinski definition) is 0. The summed E-state index contributed by atoms with van der Waals surface area (Å²) in [4.78, 5) is 13.6. The van der Waals surface area contributed by atoms with Crippen molar-refractivity contribution < 1.29 is 44.2 Å². The maximum atomic E-state index is 11.4. The van der Waals surface area contributed by atoms with E-state index in [0.717, 1.165) is 47.5 Å². The summed E-state index contributed by atoms with van der Waals surface area (Å²) in [6, 6.07) is 10.9. The number of carbonyl (C=O) groups is 1. The molecule has 0 amide bonds. The molecule has 136 valence electrons. The molecule has 0 unspecified atom stereocenters. The van der Waals surface area contributed by atoms with Crippen molar-refractivity contribution in [2.24, 2.45) is 0 Å². The summed E-state index contributed by atoms with van der Waals surface area (Å²) >= 11 is 6.19. The second-order valence-electron chi connectivity index (χ2n) is 6.61. The molecule has 2 aromatic carbocycles. The van der Waals surface area contributed by atoms with E-state index < -0.39 is 5.97 Å². The van der Waals surface area contributed by atoms with Crippen molar-refractivity contribution in [3.8, 4) is 5.75 Å². The molecule has 6 heteroatoms. The fourth-order valence-corrected chi connectivity index (χ4v) is 3.47. The summed E-state index contributed by atoms with van der Waals surface area (Å²) < 4.78 is 5.86. The first-order valence-corrected chi connectivity index (χ1v) is 8.97. The maximum absolute atomic E-state index is 11.4. The first-order valence-electron chi connectivity index (χ1n) is 8.59. The summed E-state index contributed by atoms with van der Waals surface area (Å²) in [6.45, 7) is 7.66. The van der Waals surface area contributed by atoms with Gasteiger partial charge in [0.1, 0.15) is 12.4 Å². The summed E-state index contributed by atoms with van der Waals surface area (Å²) in [7, 11) is 0. The molecular weight excluding hydrogens is 373 g/mol. The van der Waals surface area contributed by atoms with Crippen LogP contribution in [0.15, 0.2) is 48.6 Å². The number of ether oxygens (including phenoxy) is 1. The smallest absolute Gasteiger partial charge is 0.545 e. The molecule has 0 aromatic heterocycles. The van der Waals surface area contributed by atoms with Crippen molar-refractivity contribution in [3.05, 3.63) is 70.3 Å². The van der Waals surface area contributed by atoms with E-state index in [0.29, 0.717) is 18.2 Å². The van der Waals surface area contributed by atoms with E-state index in [-0.39, 0.29) is 35.1 Å². The molecule has 2 aromatic rings. The number of nitrogens with zero attached hydrogens (tertiary/aromatic N) is 1. The van der Waals surface area contributed by atoms with Gasteiger partial charge in [-0.2, -0.15) is 0 Å². The minimum Gasteiger partial charge on any atom is -0.545 e. The number of benzene rings is 2. The third-order valence-corrected chi connectivity index (χ3v) is 4.66. The molecule has 0 saturated heterocycles. The molecule has 0 atom stereocenters. The Morgan fingerprint density at radius 2 is 2.11 bits per heavy atom. The summed E-state index contributed by atoms with van der Waals surface area (Å²) in [5.41, 5.74) is 3.95. The van der Waals surface area contributed by atoms with Crippen LogP contribution in [0.25, 0.3) is 0 Å². The predicted octanol–water partition coefficient (Wildman–Crippen LogP) is 0.615. The number of anilines is 1. The molecule has 0 radical (unpaired) electrons. The molecule has 0 N–H and O–H groups in total. The first kappa shape index (κ1) is 21.8. The molecular formula is C21H21ClNNaO3. The van der Waals surface area contributed by atoms with Gasteiger partial charge in [-0.3, -0.25) is 0 Å². The zero-order chi connectivity index (χ0) is 18.7. The molecule has 3 rings (SSSR count). The topological polar surface area (TPSA) is 52.6 Å². The Morgan fingerprint density at radius 3 is 2.81 bits per heavy atom. The number of hydrogen-bond acceptors (Lipinski definition) is 4. The van der Waals surface area contributed by atoms with Gasteiger partial charge < -0.3 is 19.5 Å². The van der Waals surface area contributed by atoms with Gasteiger partial charge >= 0.3 is 29.6 Å². The third kappa shape index (κ3) is 5.29. The molecule has 0 saturated carbocycles. The van der Waals surface area contributed by atoms with Gasteiger partial charge in [-0.15, -0.1) is 0 Å². The van der Waals surface area contributed by atoms with E-state index in [9.17, 15) is 9.90 Å². The third-order valence-electron chi connectivity index (χ3n) is 4.42. The molecule has 1 aliphatic heterocycles. The average Bonchev–Trinajstić information content (AvgIpc) is 2.60. The standard InChI is InChI=1S/C21H22ClNO3.Na/c1-14(2)13-26-20-9-8-16(22)11-15(20)12-23-10-4-6-17-18(21(24)25)5-3-7-19(17)23;/h3,5,7-9,11H,1,4,6,10,12-13H2,2H3,(H,24,25);/q;+1/p-1. The van der Waals surface area contributed by atoms with Gasteiger partial charge in [0.05, 0.1) is 5.97 Å². The van der Waals surface area contributed by atoms with Gasteiger partial charge in [-0.25, -0.2) is 0 Å². The van der Waals surface area contributed by atoms with Crippen LogP contribution in [0, 0.1) is 0 Å². The van der Waals surface area contributed by atoms with Crippen LogP contribution in [0.5, 0.6) is 5.75 Å². The number of carbonyl (C=O) groups excluding carboxylic acids is 1. The van der Waals surface area contributed by atoms with Crippen molar-refractivity contribution in [3.63, 3.8) is 0 Å². The van der Waals surface area contributed by atoms with Crippen LogP contribution >= 0.6 is 11.6 Å². The fourth-order valence-electron chi connectivity index (χ4n) is 3.28. The van der Waals surface area contributed by atoms with E-state index in [1.165, 1.54) is 0 Å². The normalized spacial score (nSPS) is 12.7.